The molecule has 1 aliphatic rings. The zero-order valence-electron chi connectivity index (χ0n) is 23.6. The van der Waals surface area contributed by atoms with Crippen LogP contribution in [0.15, 0.2) is 62.7 Å². The number of nitrogens with zero attached hydrogens (tertiary/aromatic N) is 2. The van der Waals surface area contributed by atoms with E-state index >= 15 is 0 Å². The molecular formula is C28H33F3N6O5. The summed E-state index contributed by atoms with van der Waals surface area (Å²) in [4.78, 5) is 43.9. The van der Waals surface area contributed by atoms with Crippen molar-refractivity contribution in [1.82, 2.24) is 15.6 Å². The highest BCUT2D eigenvalue weighted by Gasteiger charge is 2.30. The predicted octanol–water partition coefficient (Wildman–Crippen LogP) is 3.77. The van der Waals surface area contributed by atoms with Crippen LogP contribution in [-0.4, -0.2) is 61.1 Å². The minimum absolute atomic E-state index is 0.0409. The van der Waals surface area contributed by atoms with Crippen molar-refractivity contribution in [1.29, 1.82) is 5.41 Å². The molecule has 5 N–H and O–H groups in total. The Balaban J connectivity index is 2.26. The van der Waals surface area contributed by atoms with Gasteiger partial charge in [-0.3, -0.25) is 14.6 Å². The van der Waals surface area contributed by atoms with Gasteiger partial charge in [0.2, 0.25) is 5.89 Å². The van der Waals surface area contributed by atoms with Gasteiger partial charge in [-0.25, -0.2) is 4.98 Å². The topological polar surface area (TPSA) is 173 Å². The van der Waals surface area contributed by atoms with Crippen LogP contribution >= 0.6 is 0 Å². The highest BCUT2D eigenvalue weighted by molar-refractivity contribution is 6.04. The first-order chi connectivity index (χ1) is 19.6. The van der Waals surface area contributed by atoms with E-state index in [0.29, 0.717) is 12.0 Å². The number of aromatic nitrogens is 1. The van der Waals surface area contributed by atoms with Crippen molar-refractivity contribution in [2.75, 3.05) is 20.2 Å². The number of carbonyl (C=O) groups is 3. The van der Waals surface area contributed by atoms with Gasteiger partial charge in [0, 0.05) is 35.9 Å². The molecule has 0 radical (unpaired) electrons. The number of aldehydes is 1. The number of carbonyl (C=O) groups excluding carboxylic acids is 3. The van der Waals surface area contributed by atoms with Gasteiger partial charge < -0.3 is 35.7 Å². The number of esters is 1. The van der Waals surface area contributed by atoms with E-state index in [1.165, 1.54) is 25.5 Å². The number of aliphatic imine (C=N–C) groups is 1. The lowest BCUT2D eigenvalue weighted by Crippen LogP contribution is -2.33. The number of halogens is 3. The van der Waals surface area contributed by atoms with E-state index in [2.05, 4.69) is 31.1 Å². The Morgan fingerprint density at radius 1 is 1.29 bits per heavy atom. The molecule has 11 nitrogen and oxygen atoms in total. The summed E-state index contributed by atoms with van der Waals surface area (Å²) in [7, 11) is 1.25. The van der Waals surface area contributed by atoms with Crippen LogP contribution in [0.5, 0.6) is 0 Å². The Labute approximate surface area is 240 Å². The van der Waals surface area contributed by atoms with E-state index < -0.39 is 35.6 Å². The second kappa shape index (κ2) is 14.8. The number of amides is 1. The fourth-order valence-corrected chi connectivity index (χ4v) is 3.23. The van der Waals surface area contributed by atoms with E-state index in [9.17, 15) is 27.6 Å². The van der Waals surface area contributed by atoms with Crippen LogP contribution in [0.3, 0.4) is 0 Å². The minimum atomic E-state index is -4.57. The summed E-state index contributed by atoms with van der Waals surface area (Å²) in [6, 6.07) is 0. The molecule has 1 aromatic heterocycles. The number of rotatable bonds is 14. The number of hydrogen-bond acceptors (Lipinski definition) is 9. The molecule has 1 heterocycles. The SMILES string of the molecule is COC(=O)CCN/C=C(/NC(=O)c1coc(C2=CC(C(=N)CC(F)(F)F)=C=C(C)C=C2)n1)C(N)=NCCC(C)(C)C=O. The summed E-state index contributed by atoms with van der Waals surface area (Å²) < 4.78 is 48.6. The normalized spacial score (nSPS) is 14.3. The van der Waals surface area contributed by atoms with Crippen molar-refractivity contribution < 1.29 is 36.7 Å². The van der Waals surface area contributed by atoms with Crippen LogP contribution in [0.25, 0.3) is 5.57 Å². The van der Waals surface area contributed by atoms with E-state index in [-0.39, 0.29) is 53.8 Å². The molecule has 0 saturated heterocycles. The standard InChI is InChI=1S/C28H33F3N6O5/c1-17-5-6-18(12-19(11-17)20(32)13-28(29,30)31)26-37-22(15-42-26)25(40)36-21(14-34-9-7-23(39)41-4)24(33)35-10-8-27(2,3)16-38/h5-6,12,14-16,32,34H,7-10,13H2,1-4H3,(H2,33,35)(H,36,40)/b21-14+,32-20?. The number of allylic oxidation sites excluding steroid dienone is 5. The molecule has 14 heteroatoms. The summed E-state index contributed by atoms with van der Waals surface area (Å²) in [5.41, 5.74) is 8.00. The molecule has 0 unspecified atom stereocenters. The molecule has 0 aromatic carbocycles. The molecular weight excluding hydrogens is 557 g/mol. The van der Waals surface area contributed by atoms with Crippen molar-refractivity contribution in [3.8, 4) is 0 Å². The van der Waals surface area contributed by atoms with E-state index in [4.69, 9.17) is 15.6 Å². The van der Waals surface area contributed by atoms with Gasteiger partial charge in [-0.15, -0.1) is 5.73 Å². The van der Waals surface area contributed by atoms with Gasteiger partial charge in [0.05, 0.1) is 31.4 Å². The van der Waals surface area contributed by atoms with Gasteiger partial charge in [-0.2, -0.15) is 13.2 Å². The van der Waals surface area contributed by atoms with Gasteiger partial charge >= 0.3 is 12.1 Å². The maximum atomic E-state index is 13.0. The molecule has 0 fully saturated rings. The monoisotopic (exact) mass is 590 g/mol. The highest BCUT2D eigenvalue weighted by atomic mass is 19.4. The second-order valence-corrected chi connectivity index (χ2v) is 9.88. The van der Waals surface area contributed by atoms with Gasteiger partial charge in [0.1, 0.15) is 18.4 Å². The summed E-state index contributed by atoms with van der Waals surface area (Å²) in [6.07, 6.45) is 1.99. The van der Waals surface area contributed by atoms with Crippen molar-refractivity contribution in [3.05, 3.63) is 64.9 Å². The van der Waals surface area contributed by atoms with Gasteiger partial charge in [0.25, 0.3) is 5.91 Å². The largest absolute Gasteiger partial charge is 0.469 e. The van der Waals surface area contributed by atoms with Crippen molar-refractivity contribution in [3.63, 3.8) is 0 Å². The first kappa shape index (κ1) is 33.5. The fourth-order valence-electron chi connectivity index (χ4n) is 3.23. The molecule has 2 rings (SSSR count). The molecule has 0 atom stereocenters. The molecule has 42 heavy (non-hydrogen) atoms. The number of oxazole rings is 1. The average Bonchev–Trinajstić information content (AvgIpc) is 3.32. The van der Waals surface area contributed by atoms with Crippen LogP contribution < -0.4 is 16.4 Å². The van der Waals surface area contributed by atoms with Crippen LogP contribution in [0.2, 0.25) is 0 Å². The van der Waals surface area contributed by atoms with Crippen LogP contribution in [0.1, 0.15) is 56.4 Å². The zero-order chi connectivity index (χ0) is 31.5. The third-order valence-electron chi connectivity index (χ3n) is 5.66. The van der Waals surface area contributed by atoms with Gasteiger partial charge in [0.15, 0.2) is 5.69 Å². The molecule has 0 spiro atoms. The number of nitrogens with two attached hydrogens (primary N) is 1. The first-order valence-corrected chi connectivity index (χ1v) is 12.7. The van der Waals surface area contributed by atoms with Crippen molar-refractivity contribution >= 4 is 35.3 Å². The molecule has 1 aromatic rings. The summed E-state index contributed by atoms with van der Waals surface area (Å²) in [5.74, 6) is -1.34. The quantitative estimate of drug-likeness (QED) is 0.0633. The van der Waals surface area contributed by atoms with Crippen molar-refractivity contribution in [2.45, 2.75) is 46.2 Å². The fraction of sp³-hybridized carbons (Fsp3) is 0.393. The molecule has 0 saturated carbocycles. The lowest BCUT2D eigenvalue weighted by molar-refractivity contribution is -0.140. The van der Waals surface area contributed by atoms with Crippen LogP contribution in [0, 0.1) is 10.8 Å². The highest BCUT2D eigenvalue weighted by Crippen LogP contribution is 2.26. The Kier molecular flexibility index (Phi) is 11.8. The Bertz CT molecular complexity index is 1390. The summed E-state index contributed by atoms with van der Waals surface area (Å²) in [5, 5.41) is 13.3. The number of amidine groups is 1. The van der Waals surface area contributed by atoms with E-state index in [1.54, 1.807) is 26.8 Å². The number of nitrogens with one attached hydrogen (secondary N) is 3. The Morgan fingerprint density at radius 2 is 2.00 bits per heavy atom. The predicted molar refractivity (Wildman–Crippen MR) is 149 cm³/mol. The average molecular weight is 591 g/mol. The van der Waals surface area contributed by atoms with Crippen LogP contribution in [0.4, 0.5) is 13.2 Å². The number of methoxy groups -OCH3 is 1. The molecule has 226 valence electrons. The molecule has 1 amide bonds. The number of ether oxygens (including phenoxy) is 1. The third-order valence-corrected chi connectivity index (χ3v) is 5.66. The van der Waals surface area contributed by atoms with Gasteiger partial charge in [-0.05, 0) is 31.1 Å². The molecule has 1 aliphatic carbocycles. The van der Waals surface area contributed by atoms with Gasteiger partial charge in [-0.1, -0.05) is 19.9 Å². The number of hydrogen-bond donors (Lipinski definition) is 4. The molecule has 0 bridgehead atoms. The third kappa shape index (κ3) is 11.0. The summed E-state index contributed by atoms with van der Waals surface area (Å²) >= 11 is 0. The Morgan fingerprint density at radius 3 is 2.64 bits per heavy atom. The lowest BCUT2D eigenvalue weighted by atomic mass is 9.92. The van der Waals surface area contributed by atoms with Crippen molar-refractivity contribution in [2.24, 2.45) is 16.1 Å². The second-order valence-electron chi connectivity index (χ2n) is 9.88. The lowest BCUT2D eigenvalue weighted by Gasteiger charge is -2.15. The zero-order valence-corrected chi connectivity index (χ0v) is 23.6. The maximum Gasteiger partial charge on any atom is 0.394 e. The Hall–Kier alpha value is -4.71. The minimum Gasteiger partial charge on any atom is -0.469 e. The first-order valence-electron chi connectivity index (χ1n) is 12.7. The number of alkyl halides is 3. The maximum absolute atomic E-state index is 13.0. The molecule has 0 aliphatic heterocycles. The summed E-state index contributed by atoms with van der Waals surface area (Å²) in [6.45, 7) is 5.46. The smallest absolute Gasteiger partial charge is 0.394 e. The van der Waals surface area contributed by atoms with E-state index in [0.717, 1.165) is 12.5 Å². The van der Waals surface area contributed by atoms with E-state index in [1.807, 2.05) is 0 Å². The van der Waals surface area contributed by atoms with Crippen LogP contribution in [-0.2, 0) is 14.3 Å².